The van der Waals surface area contributed by atoms with Crippen LogP contribution in [0.4, 0.5) is 10.1 Å². The van der Waals surface area contributed by atoms with Crippen LogP contribution in [0.3, 0.4) is 0 Å². The average molecular weight is 537 g/mol. The van der Waals surface area contributed by atoms with Crippen LogP contribution >= 0.6 is 22.7 Å². The lowest BCUT2D eigenvalue weighted by Gasteiger charge is -2.13. The van der Waals surface area contributed by atoms with Gasteiger partial charge in [0.25, 0.3) is 0 Å². The van der Waals surface area contributed by atoms with Gasteiger partial charge in [-0.25, -0.2) is 0 Å². The number of hydrogen-bond acceptors (Lipinski definition) is 8. The minimum absolute atomic E-state index is 0.235. The van der Waals surface area contributed by atoms with Crippen LogP contribution in [-0.2, 0) is 22.4 Å². The second kappa shape index (κ2) is 13.2. The molecule has 0 saturated carbocycles. The van der Waals surface area contributed by atoms with Gasteiger partial charge in [0.1, 0.15) is 5.01 Å². The van der Waals surface area contributed by atoms with Crippen molar-refractivity contribution in [2.24, 2.45) is 0 Å². The summed E-state index contributed by atoms with van der Waals surface area (Å²) >= 11 is 2.83. The standard InChI is InChI=1S/C27H28N4O4S2/c32-16-21(18-8-3-1-4-9-18)25(34)28-23-15-14-20(36-23)12-7-13-24-30-31-27(37-24)29-26(35)22(17-33)19-10-5-2-6-11-19/h1-6,8-11,14-15,21-22,32-33H,7,12-13,16-17H2,(H,28,34)(H,29,31,35). The first-order chi connectivity index (χ1) is 18.1. The topological polar surface area (TPSA) is 124 Å². The normalized spacial score (nSPS) is 12.6. The zero-order chi connectivity index (χ0) is 26.0. The summed E-state index contributed by atoms with van der Waals surface area (Å²) < 4.78 is 0. The van der Waals surface area contributed by atoms with Crippen molar-refractivity contribution >= 4 is 44.6 Å². The quantitative estimate of drug-likeness (QED) is 0.215. The van der Waals surface area contributed by atoms with Crippen LogP contribution in [-0.4, -0.2) is 45.4 Å². The highest BCUT2D eigenvalue weighted by atomic mass is 32.1. The molecule has 0 aliphatic carbocycles. The van der Waals surface area contributed by atoms with Crippen molar-refractivity contribution in [3.05, 3.63) is 93.8 Å². The van der Waals surface area contributed by atoms with E-state index >= 15 is 0 Å². The highest BCUT2D eigenvalue weighted by molar-refractivity contribution is 7.16. The molecule has 2 heterocycles. The number of rotatable bonds is 12. The summed E-state index contributed by atoms with van der Waals surface area (Å²) in [5, 5.41) is 35.2. The number of carbonyl (C=O) groups excluding carboxylic acids is 2. The predicted octanol–water partition coefficient (Wildman–Crippen LogP) is 4.20. The molecule has 0 fully saturated rings. The number of anilines is 2. The summed E-state index contributed by atoms with van der Waals surface area (Å²) in [6.45, 7) is -0.553. The Balaban J connectivity index is 1.25. The molecule has 2 amide bonds. The molecule has 0 aliphatic heterocycles. The smallest absolute Gasteiger partial charge is 0.236 e. The molecule has 2 unspecified atom stereocenters. The van der Waals surface area contributed by atoms with E-state index in [4.69, 9.17) is 0 Å². The SMILES string of the molecule is O=C(Nc1ccc(CCCc2nnc(NC(=O)C(CO)c3ccccc3)s2)s1)C(CO)c1ccccc1. The first-order valence-corrected chi connectivity index (χ1v) is 13.5. The lowest BCUT2D eigenvalue weighted by molar-refractivity contribution is -0.119. The number of aliphatic hydroxyl groups is 2. The maximum atomic E-state index is 12.7. The number of hydrogen-bond donors (Lipinski definition) is 4. The lowest BCUT2D eigenvalue weighted by atomic mass is 9.99. The third-order valence-electron chi connectivity index (χ3n) is 5.82. The van der Waals surface area contributed by atoms with Crippen LogP contribution in [0.2, 0.25) is 0 Å². The fourth-order valence-electron chi connectivity index (χ4n) is 3.85. The second-order valence-corrected chi connectivity index (χ2v) is 10.6. The Kier molecular flexibility index (Phi) is 9.50. The fraction of sp³-hybridized carbons (Fsp3) is 0.259. The van der Waals surface area contributed by atoms with Gasteiger partial charge in [0.15, 0.2) is 0 Å². The summed E-state index contributed by atoms with van der Waals surface area (Å²) in [7, 11) is 0. The molecule has 2 aromatic heterocycles. The van der Waals surface area contributed by atoms with Crippen LogP contribution in [0.5, 0.6) is 0 Å². The molecule has 2 atom stereocenters. The number of carbonyl (C=O) groups is 2. The molecule has 0 aliphatic rings. The first kappa shape index (κ1) is 26.6. The van der Waals surface area contributed by atoms with Crippen molar-refractivity contribution in [1.82, 2.24) is 10.2 Å². The van der Waals surface area contributed by atoms with E-state index in [0.29, 0.717) is 11.6 Å². The first-order valence-electron chi connectivity index (χ1n) is 11.9. The van der Waals surface area contributed by atoms with Crippen molar-refractivity contribution in [2.45, 2.75) is 31.1 Å². The number of benzene rings is 2. The Bertz CT molecular complexity index is 1190. The summed E-state index contributed by atoms with van der Waals surface area (Å²) in [5.41, 5.74) is 1.52. The Labute approximate surface area is 223 Å². The average Bonchev–Trinajstić information content (AvgIpc) is 3.55. The van der Waals surface area contributed by atoms with Gasteiger partial charge in [0.05, 0.1) is 30.1 Å². The van der Waals surface area contributed by atoms with Gasteiger partial charge in [-0.3, -0.25) is 14.9 Å². The Morgan fingerprint density at radius 3 is 1.92 bits per heavy atom. The van der Waals surface area contributed by atoms with E-state index in [1.165, 1.54) is 22.7 Å². The van der Waals surface area contributed by atoms with Crippen LogP contribution in [0, 0.1) is 0 Å². The third kappa shape index (κ3) is 7.30. The largest absolute Gasteiger partial charge is 0.395 e. The summed E-state index contributed by atoms with van der Waals surface area (Å²) in [4.78, 5) is 26.4. The molecule has 0 spiro atoms. The van der Waals surface area contributed by atoms with Gasteiger partial charge in [0.2, 0.25) is 16.9 Å². The molecule has 0 bridgehead atoms. The lowest BCUT2D eigenvalue weighted by Crippen LogP contribution is -2.23. The summed E-state index contributed by atoms with van der Waals surface area (Å²) in [6.07, 6.45) is 2.35. The molecule has 0 saturated heterocycles. The maximum absolute atomic E-state index is 12.7. The predicted molar refractivity (Wildman–Crippen MR) is 146 cm³/mol. The van der Waals surface area contributed by atoms with E-state index < -0.39 is 11.8 Å². The number of nitrogens with one attached hydrogen (secondary N) is 2. The molecule has 4 aromatic rings. The number of nitrogens with zero attached hydrogens (tertiary/aromatic N) is 2. The molecular weight excluding hydrogens is 508 g/mol. The van der Waals surface area contributed by atoms with Crippen molar-refractivity contribution in [3.63, 3.8) is 0 Å². The van der Waals surface area contributed by atoms with Gasteiger partial charge >= 0.3 is 0 Å². The van der Waals surface area contributed by atoms with Gasteiger partial charge in [-0.2, -0.15) is 0 Å². The van der Waals surface area contributed by atoms with E-state index in [-0.39, 0.29) is 25.0 Å². The van der Waals surface area contributed by atoms with Crippen LogP contribution < -0.4 is 10.6 Å². The maximum Gasteiger partial charge on any atom is 0.236 e. The van der Waals surface area contributed by atoms with Crippen LogP contribution in [0.15, 0.2) is 72.8 Å². The highest BCUT2D eigenvalue weighted by Gasteiger charge is 2.22. The molecule has 4 rings (SSSR count). The van der Waals surface area contributed by atoms with Gasteiger partial charge in [-0.15, -0.1) is 21.5 Å². The van der Waals surface area contributed by atoms with E-state index in [2.05, 4.69) is 20.8 Å². The number of aliphatic hydroxyl groups excluding tert-OH is 2. The van der Waals surface area contributed by atoms with Gasteiger partial charge in [-0.05, 0) is 36.1 Å². The van der Waals surface area contributed by atoms with E-state index in [1.54, 1.807) is 0 Å². The molecular formula is C27H28N4O4S2. The fourth-order valence-corrected chi connectivity index (χ4v) is 5.59. The zero-order valence-corrected chi connectivity index (χ0v) is 21.7. The zero-order valence-electron chi connectivity index (χ0n) is 20.0. The van der Waals surface area contributed by atoms with Crippen molar-refractivity contribution < 1.29 is 19.8 Å². The van der Waals surface area contributed by atoms with Crippen molar-refractivity contribution in [2.75, 3.05) is 23.8 Å². The molecule has 2 aromatic carbocycles. The summed E-state index contributed by atoms with van der Waals surface area (Å²) in [6, 6.07) is 22.2. The van der Waals surface area contributed by atoms with Crippen molar-refractivity contribution in [3.8, 4) is 0 Å². The van der Waals surface area contributed by atoms with Crippen molar-refractivity contribution in [1.29, 1.82) is 0 Å². The Morgan fingerprint density at radius 1 is 0.730 bits per heavy atom. The Hall–Kier alpha value is -3.44. The number of aryl methyl sites for hydroxylation is 2. The van der Waals surface area contributed by atoms with Gasteiger partial charge in [-0.1, -0.05) is 72.0 Å². The molecule has 37 heavy (non-hydrogen) atoms. The highest BCUT2D eigenvalue weighted by Crippen LogP contribution is 2.27. The minimum atomic E-state index is -0.664. The monoisotopic (exact) mass is 536 g/mol. The molecule has 10 heteroatoms. The van der Waals surface area contributed by atoms with Gasteiger partial charge < -0.3 is 15.5 Å². The number of amides is 2. The van der Waals surface area contributed by atoms with Crippen LogP contribution in [0.1, 0.15) is 39.3 Å². The molecule has 8 nitrogen and oxygen atoms in total. The van der Waals surface area contributed by atoms with E-state index in [9.17, 15) is 19.8 Å². The second-order valence-electron chi connectivity index (χ2n) is 8.39. The third-order valence-corrected chi connectivity index (χ3v) is 7.78. The minimum Gasteiger partial charge on any atom is -0.395 e. The van der Waals surface area contributed by atoms with E-state index in [0.717, 1.165) is 38.9 Å². The van der Waals surface area contributed by atoms with Crippen LogP contribution in [0.25, 0.3) is 0 Å². The Morgan fingerprint density at radius 2 is 1.32 bits per heavy atom. The van der Waals surface area contributed by atoms with Gasteiger partial charge in [0, 0.05) is 11.3 Å². The molecule has 0 radical (unpaired) electrons. The number of thiophene rings is 1. The summed E-state index contributed by atoms with van der Waals surface area (Å²) in [5.74, 6) is -1.83. The molecule has 4 N–H and O–H groups in total. The molecule has 192 valence electrons. The number of aromatic nitrogens is 2. The van der Waals surface area contributed by atoms with E-state index in [1.807, 2.05) is 72.8 Å².